The van der Waals surface area contributed by atoms with E-state index >= 15 is 0 Å². The Morgan fingerprint density at radius 3 is 2.44 bits per heavy atom. The van der Waals surface area contributed by atoms with Crippen LogP contribution in [0, 0.1) is 0 Å². The van der Waals surface area contributed by atoms with Crippen molar-refractivity contribution in [1.82, 2.24) is 5.32 Å². The number of sulfone groups is 1. The molecule has 1 unspecified atom stereocenters. The van der Waals surface area contributed by atoms with E-state index in [9.17, 15) is 8.42 Å². The predicted octanol–water partition coefficient (Wildman–Crippen LogP) is 1.36. The molecule has 1 rings (SSSR count). The molecule has 5 heteroatoms. The van der Waals surface area contributed by atoms with Crippen LogP contribution >= 0.6 is 0 Å². The van der Waals surface area contributed by atoms with Gasteiger partial charge in [0.2, 0.25) is 0 Å². The van der Waals surface area contributed by atoms with Gasteiger partial charge >= 0.3 is 0 Å². The summed E-state index contributed by atoms with van der Waals surface area (Å²) in [4.78, 5) is 0. The van der Waals surface area contributed by atoms with E-state index < -0.39 is 9.84 Å². The number of hydrogen-bond donors (Lipinski definition) is 1. The third-order valence-corrected chi connectivity index (χ3v) is 3.72. The zero-order valence-corrected chi connectivity index (χ0v) is 12.0. The molecular formula is C13H21NO3S. The second kappa shape index (κ2) is 6.87. The molecule has 1 aromatic carbocycles. The number of nitrogens with one attached hydrogen (secondary N) is 1. The molecule has 0 saturated heterocycles. The van der Waals surface area contributed by atoms with E-state index in [4.69, 9.17) is 4.74 Å². The van der Waals surface area contributed by atoms with Crippen molar-refractivity contribution in [2.75, 3.05) is 19.1 Å². The summed E-state index contributed by atoms with van der Waals surface area (Å²) in [7, 11) is -1.27. The first-order chi connectivity index (χ1) is 8.42. The number of methoxy groups -OCH3 is 1. The van der Waals surface area contributed by atoms with Gasteiger partial charge in [-0.2, -0.15) is 0 Å². The average Bonchev–Trinajstić information content (AvgIpc) is 2.26. The molecule has 0 aliphatic heterocycles. The van der Waals surface area contributed by atoms with Crippen molar-refractivity contribution in [3.05, 3.63) is 35.4 Å². The quantitative estimate of drug-likeness (QED) is 0.813. The van der Waals surface area contributed by atoms with E-state index in [0.29, 0.717) is 13.2 Å². The van der Waals surface area contributed by atoms with Crippen LogP contribution in [0.3, 0.4) is 0 Å². The summed E-state index contributed by atoms with van der Waals surface area (Å²) in [5.41, 5.74) is 2.26. The molecular weight excluding hydrogens is 250 g/mol. The van der Waals surface area contributed by atoms with Crippen LogP contribution in [0.15, 0.2) is 24.3 Å². The van der Waals surface area contributed by atoms with E-state index in [1.54, 1.807) is 7.11 Å². The van der Waals surface area contributed by atoms with Gasteiger partial charge in [0.15, 0.2) is 0 Å². The molecule has 0 aliphatic rings. The Morgan fingerprint density at radius 1 is 1.28 bits per heavy atom. The van der Waals surface area contributed by atoms with Crippen molar-refractivity contribution in [1.29, 1.82) is 0 Å². The molecule has 0 spiro atoms. The fourth-order valence-electron chi connectivity index (χ4n) is 1.82. The number of ether oxygens (including phenoxy) is 1. The molecule has 0 heterocycles. The fourth-order valence-corrected chi connectivity index (χ4v) is 2.85. The fraction of sp³-hybridized carbons (Fsp3) is 0.538. The molecule has 0 aromatic heterocycles. The highest BCUT2D eigenvalue weighted by Crippen LogP contribution is 2.10. The third kappa shape index (κ3) is 5.62. The van der Waals surface area contributed by atoms with Gasteiger partial charge in [-0.1, -0.05) is 24.3 Å². The highest BCUT2D eigenvalue weighted by atomic mass is 32.2. The topological polar surface area (TPSA) is 55.4 Å². The van der Waals surface area contributed by atoms with Crippen LogP contribution in [-0.2, 0) is 27.7 Å². The van der Waals surface area contributed by atoms with Gasteiger partial charge in [-0.25, -0.2) is 8.42 Å². The molecule has 18 heavy (non-hydrogen) atoms. The first-order valence-electron chi connectivity index (χ1n) is 5.89. The van der Waals surface area contributed by atoms with E-state index in [0.717, 1.165) is 11.1 Å². The molecule has 0 amide bonds. The summed E-state index contributed by atoms with van der Waals surface area (Å²) in [5, 5.41) is 3.22. The Labute approximate surface area is 109 Å². The van der Waals surface area contributed by atoms with Crippen molar-refractivity contribution >= 4 is 9.84 Å². The second-order valence-corrected chi connectivity index (χ2v) is 6.76. The molecule has 4 nitrogen and oxygen atoms in total. The minimum atomic E-state index is -2.94. The third-order valence-electron chi connectivity index (χ3n) is 2.61. The highest BCUT2D eigenvalue weighted by molar-refractivity contribution is 7.90. The van der Waals surface area contributed by atoms with Crippen molar-refractivity contribution in [3.8, 4) is 0 Å². The standard InChI is InChI=1S/C13H21NO3S/c1-11(10-18(3,15)16)14-8-12-6-4-5-7-13(12)9-17-2/h4-7,11,14H,8-10H2,1-3H3. The van der Waals surface area contributed by atoms with Crippen molar-refractivity contribution < 1.29 is 13.2 Å². The first-order valence-corrected chi connectivity index (χ1v) is 7.95. The van der Waals surface area contributed by atoms with Crippen molar-refractivity contribution in [3.63, 3.8) is 0 Å². The Hall–Kier alpha value is -0.910. The summed E-state index contributed by atoms with van der Waals surface area (Å²) in [6.07, 6.45) is 1.25. The normalized spacial score (nSPS) is 13.5. The molecule has 0 radical (unpaired) electrons. The molecule has 1 aromatic rings. The van der Waals surface area contributed by atoms with Gasteiger partial charge in [-0.15, -0.1) is 0 Å². The summed E-state index contributed by atoms with van der Waals surface area (Å²) >= 11 is 0. The first kappa shape index (κ1) is 15.1. The van der Waals surface area contributed by atoms with E-state index in [1.807, 2.05) is 31.2 Å². The van der Waals surface area contributed by atoms with E-state index in [-0.39, 0.29) is 11.8 Å². The van der Waals surface area contributed by atoms with Gasteiger partial charge in [-0.3, -0.25) is 0 Å². The highest BCUT2D eigenvalue weighted by Gasteiger charge is 2.10. The van der Waals surface area contributed by atoms with E-state index in [1.165, 1.54) is 6.26 Å². The molecule has 1 atom stereocenters. The lowest BCUT2D eigenvalue weighted by Gasteiger charge is -2.14. The molecule has 0 fully saturated rings. The average molecular weight is 271 g/mol. The van der Waals surface area contributed by atoms with Crippen molar-refractivity contribution in [2.45, 2.75) is 26.1 Å². The SMILES string of the molecule is COCc1ccccc1CNC(C)CS(C)(=O)=O. The lowest BCUT2D eigenvalue weighted by Crippen LogP contribution is -2.32. The number of hydrogen-bond acceptors (Lipinski definition) is 4. The number of benzene rings is 1. The van der Waals surface area contributed by atoms with Crippen LogP contribution in [-0.4, -0.2) is 33.6 Å². The Balaban J connectivity index is 2.58. The molecule has 0 aliphatic carbocycles. The maximum absolute atomic E-state index is 11.2. The maximum Gasteiger partial charge on any atom is 0.148 e. The summed E-state index contributed by atoms with van der Waals surface area (Å²) in [5.74, 6) is 0.152. The molecule has 1 N–H and O–H groups in total. The Kier molecular flexibility index (Phi) is 5.78. The molecule has 102 valence electrons. The van der Waals surface area contributed by atoms with Gasteiger partial charge < -0.3 is 10.1 Å². The monoisotopic (exact) mass is 271 g/mol. The van der Waals surface area contributed by atoms with Gasteiger partial charge in [0, 0.05) is 26.0 Å². The van der Waals surface area contributed by atoms with Crippen LogP contribution in [0.1, 0.15) is 18.1 Å². The van der Waals surface area contributed by atoms with Gasteiger partial charge in [0.1, 0.15) is 9.84 Å². The van der Waals surface area contributed by atoms with Gasteiger partial charge in [-0.05, 0) is 18.1 Å². The van der Waals surface area contributed by atoms with Gasteiger partial charge in [0.05, 0.1) is 12.4 Å². The molecule has 0 bridgehead atoms. The van der Waals surface area contributed by atoms with Crippen LogP contribution in [0.4, 0.5) is 0 Å². The zero-order chi connectivity index (χ0) is 13.6. The van der Waals surface area contributed by atoms with Crippen LogP contribution in [0.25, 0.3) is 0 Å². The van der Waals surface area contributed by atoms with Crippen molar-refractivity contribution in [2.24, 2.45) is 0 Å². The minimum absolute atomic E-state index is 0.0596. The van der Waals surface area contributed by atoms with Gasteiger partial charge in [0.25, 0.3) is 0 Å². The van der Waals surface area contributed by atoms with Crippen LogP contribution in [0.5, 0.6) is 0 Å². The smallest absolute Gasteiger partial charge is 0.148 e. The van der Waals surface area contributed by atoms with E-state index in [2.05, 4.69) is 5.32 Å². The summed E-state index contributed by atoms with van der Waals surface area (Å²) in [6.45, 7) is 3.09. The summed E-state index contributed by atoms with van der Waals surface area (Å²) < 4.78 is 27.5. The Bertz CT molecular complexity index is 471. The molecule has 0 saturated carbocycles. The minimum Gasteiger partial charge on any atom is -0.380 e. The number of rotatable bonds is 7. The second-order valence-electron chi connectivity index (χ2n) is 4.58. The van der Waals surface area contributed by atoms with Crippen LogP contribution in [0.2, 0.25) is 0 Å². The van der Waals surface area contributed by atoms with Crippen LogP contribution < -0.4 is 5.32 Å². The largest absolute Gasteiger partial charge is 0.380 e. The summed E-state index contributed by atoms with van der Waals surface area (Å²) in [6, 6.07) is 7.92. The predicted molar refractivity (Wildman–Crippen MR) is 73.2 cm³/mol. The lowest BCUT2D eigenvalue weighted by atomic mass is 10.1. The lowest BCUT2D eigenvalue weighted by molar-refractivity contribution is 0.184. The Morgan fingerprint density at radius 2 is 1.89 bits per heavy atom. The zero-order valence-electron chi connectivity index (χ0n) is 11.1. The maximum atomic E-state index is 11.2.